The topological polar surface area (TPSA) is 87.3 Å². The molecular weight excluding hydrogens is 374 g/mol. The summed E-state index contributed by atoms with van der Waals surface area (Å²) in [4.78, 5) is 35.3. The van der Waals surface area contributed by atoms with Crippen LogP contribution in [0.3, 0.4) is 0 Å². The Morgan fingerprint density at radius 2 is 1.42 bits per heavy atom. The summed E-state index contributed by atoms with van der Waals surface area (Å²) < 4.78 is 0.855. The van der Waals surface area contributed by atoms with Crippen molar-refractivity contribution < 1.29 is 14.4 Å². The Morgan fingerprint density at radius 1 is 0.875 bits per heavy atom. The first-order chi connectivity index (χ1) is 11.4. The van der Waals surface area contributed by atoms with Crippen LogP contribution in [0.4, 0.5) is 5.69 Å². The molecule has 3 amide bonds. The van der Waals surface area contributed by atoms with Crippen molar-refractivity contribution in [3.05, 3.63) is 63.6 Å². The third kappa shape index (κ3) is 4.66. The molecule has 0 saturated carbocycles. The molecule has 0 bridgehead atoms. The maximum absolute atomic E-state index is 12.1. The summed E-state index contributed by atoms with van der Waals surface area (Å²) in [6.45, 7) is 3.22. The smallest absolute Gasteiger partial charge is 0.269 e. The van der Waals surface area contributed by atoms with Crippen LogP contribution in [-0.2, 0) is 4.79 Å². The van der Waals surface area contributed by atoms with E-state index in [-0.39, 0.29) is 5.91 Å². The molecule has 0 radical (unpaired) electrons. The second-order valence-electron chi connectivity index (χ2n) is 5.13. The van der Waals surface area contributed by atoms with Gasteiger partial charge in [0.05, 0.1) is 0 Å². The monoisotopic (exact) mass is 389 g/mol. The van der Waals surface area contributed by atoms with Crippen molar-refractivity contribution >= 4 is 39.3 Å². The van der Waals surface area contributed by atoms with E-state index in [1.165, 1.54) is 6.92 Å². The van der Waals surface area contributed by atoms with Crippen LogP contribution in [0, 0.1) is 6.92 Å². The Bertz CT molecular complexity index is 788. The zero-order chi connectivity index (χ0) is 17.7. The first-order valence-electron chi connectivity index (χ1n) is 7.11. The summed E-state index contributed by atoms with van der Waals surface area (Å²) in [5.74, 6) is -1.13. The van der Waals surface area contributed by atoms with E-state index in [1.807, 2.05) is 6.92 Å². The molecule has 0 spiro atoms. The first-order valence-corrected chi connectivity index (χ1v) is 7.90. The average Bonchev–Trinajstić information content (AvgIpc) is 2.54. The van der Waals surface area contributed by atoms with E-state index < -0.39 is 11.8 Å². The average molecular weight is 390 g/mol. The summed E-state index contributed by atoms with van der Waals surface area (Å²) in [7, 11) is 0. The van der Waals surface area contributed by atoms with E-state index in [9.17, 15) is 14.4 Å². The van der Waals surface area contributed by atoms with Crippen LogP contribution in [-0.4, -0.2) is 17.7 Å². The van der Waals surface area contributed by atoms with Gasteiger partial charge in [-0.1, -0.05) is 22.0 Å². The molecule has 2 rings (SSSR count). The van der Waals surface area contributed by atoms with Gasteiger partial charge in [0.15, 0.2) is 0 Å². The molecule has 2 aromatic rings. The maximum atomic E-state index is 12.1. The van der Waals surface area contributed by atoms with Crippen LogP contribution in [0.2, 0.25) is 0 Å². The molecule has 0 aliphatic carbocycles. The van der Waals surface area contributed by atoms with E-state index in [0.717, 1.165) is 10.0 Å². The minimum absolute atomic E-state index is 0.223. The number of rotatable bonds is 3. The van der Waals surface area contributed by atoms with Gasteiger partial charge < -0.3 is 5.32 Å². The SMILES string of the molecule is CC(=O)Nc1cc(C(=O)NNC(=O)c2ccc(Br)cc2)ccc1C. The fraction of sp³-hybridized carbons (Fsp3) is 0.118. The van der Waals surface area contributed by atoms with Gasteiger partial charge in [-0.05, 0) is 48.9 Å². The molecule has 2 aromatic carbocycles. The number of hydrogen-bond donors (Lipinski definition) is 3. The number of aryl methyl sites for hydroxylation is 1. The Labute approximate surface area is 147 Å². The van der Waals surface area contributed by atoms with E-state index >= 15 is 0 Å². The first kappa shape index (κ1) is 17.7. The Morgan fingerprint density at radius 3 is 2.00 bits per heavy atom. The predicted molar refractivity (Wildman–Crippen MR) is 94.6 cm³/mol. The Hall–Kier alpha value is -2.67. The summed E-state index contributed by atoms with van der Waals surface area (Å²) in [6.07, 6.45) is 0. The van der Waals surface area contributed by atoms with E-state index in [1.54, 1.807) is 42.5 Å². The molecule has 24 heavy (non-hydrogen) atoms. The Kier molecular flexibility index (Phi) is 5.70. The molecule has 0 unspecified atom stereocenters. The zero-order valence-electron chi connectivity index (χ0n) is 13.1. The second-order valence-corrected chi connectivity index (χ2v) is 6.04. The van der Waals surface area contributed by atoms with Gasteiger partial charge in [-0.3, -0.25) is 25.2 Å². The summed E-state index contributed by atoms with van der Waals surface area (Å²) in [6, 6.07) is 11.6. The minimum atomic E-state index is -0.480. The Balaban J connectivity index is 2.03. The summed E-state index contributed by atoms with van der Waals surface area (Å²) in [5.41, 5.74) is 6.82. The lowest BCUT2D eigenvalue weighted by Crippen LogP contribution is -2.41. The van der Waals surface area contributed by atoms with Gasteiger partial charge in [0.1, 0.15) is 0 Å². The number of carbonyl (C=O) groups excluding carboxylic acids is 3. The summed E-state index contributed by atoms with van der Waals surface area (Å²) in [5, 5.41) is 2.65. The van der Waals surface area contributed by atoms with Crippen molar-refractivity contribution in [2.75, 3.05) is 5.32 Å². The quantitative estimate of drug-likeness (QED) is 0.705. The highest BCUT2D eigenvalue weighted by Gasteiger charge is 2.11. The molecule has 3 N–H and O–H groups in total. The number of carbonyl (C=O) groups is 3. The number of hydrazine groups is 1. The lowest BCUT2D eigenvalue weighted by atomic mass is 10.1. The molecule has 0 aliphatic rings. The van der Waals surface area contributed by atoms with E-state index in [2.05, 4.69) is 32.1 Å². The third-order valence-corrected chi connectivity index (χ3v) is 3.74. The molecule has 6 nitrogen and oxygen atoms in total. The van der Waals surface area contributed by atoms with Crippen molar-refractivity contribution in [3.63, 3.8) is 0 Å². The van der Waals surface area contributed by atoms with Gasteiger partial charge >= 0.3 is 0 Å². The number of amides is 3. The van der Waals surface area contributed by atoms with Crippen LogP contribution >= 0.6 is 15.9 Å². The summed E-state index contributed by atoms with van der Waals surface area (Å²) >= 11 is 3.29. The van der Waals surface area contributed by atoms with Crippen molar-refractivity contribution in [3.8, 4) is 0 Å². The molecular formula is C17H16BrN3O3. The van der Waals surface area contributed by atoms with Gasteiger partial charge in [-0.25, -0.2) is 0 Å². The van der Waals surface area contributed by atoms with Crippen LogP contribution in [0.25, 0.3) is 0 Å². The molecule has 0 heterocycles. The zero-order valence-corrected chi connectivity index (χ0v) is 14.7. The van der Waals surface area contributed by atoms with E-state index in [4.69, 9.17) is 0 Å². The number of nitrogens with one attached hydrogen (secondary N) is 3. The number of hydrogen-bond acceptors (Lipinski definition) is 3. The molecule has 0 saturated heterocycles. The number of halogens is 1. The maximum Gasteiger partial charge on any atom is 0.269 e. The molecule has 0 fully saturated rings. The largest absolute Gasteiger partial charge is 0.326 e. The van der Waals surface area contributed by atoms with Crippen LogP contribution < -0.4 is 16.2 Å². The fourth-order valence-electron chi connectivity index (χ4n) is 1.95. The van der Waals surface area contributed by atoms with Gasteiger partial charge in [0.25, 0.3) is 11.8 Å². The highest BCUT2D eigenvalue weighted by Crippen LogP contribution is 2.17. The van der Waals surface area contributed by atoms with Crippen molar-refractivity contribution in [2.24, 2.45) is 0 Å². The van der Waals surface area contributed by atoms with E-state index in [0.29, 0.717) is 16.8 Å². The molecule has 124 valence electrons. The van der Waals surface area contributed by atoms with Crippen molar-refractivity contribution in [2.45, 2.75) is 13.8 Å². The lowest BCUT2D eigenvalue weighted by molar-refractivity contribution is -0.114. The number of anilines is 1. The third-order valence-electron chi connectivity index (χ3n) is 3.21. The molecule has 7 heteroatoms. The minimum Gasteiger partial charge on any atom is -0.326 e. The van der Waals surface area contributed by atoms with Gasteiger partial charge in [0.2, 0.25) is 5.91 Å². The van der Waals surface area contributed by atoms with Crippen molar-refractivity contribution in [1.82, 2.24) is 10.9 Å². The molecule has 0 atom stereocenters. The highest BCUT2D eigenvalue weighted by atomic mass is 79.9. The molecule has 0 aromatic heterocycles. The predicted octanol–water partition coefficient (Wildman–Crippen LogP) is 2.79. The normalized spacial score (nSPS) is 9.96. The molecule has 0 aliphatic heterocycles. The van der Waals surface area contributed by atoms with Crippen LogP contribution in [0.15, 0.2) is 46.9 Å². The second kappa shape index (κ2) is 7.74. The van der Waals surface area contributed by atoms with Crippen molar-refractivity contribution in [1.29, 1.82) is 0 Å². The lowest BCUT2D eigenvalue weighted by Gasteiger charge is -2.10. The van der Waals surface area contributed by atoms with Crippen LogP contribution in [0.1, 0.15) is 33.2 Å². The standard InChI is InChI=1S/C17H16BrN3O3/c1-10-3-4-13(9-15(10)19-11(2)22)17(24)21-20-16(23)12-5-7-14(18)8-6-12/h3-9H,1-2H3,(H,19,22)(H,20,23)(H,21,24). The van der Waals surface area contributed by atoms with Gasteiger partial charge in [0, 0.05) is 28.2 Å². The van der Waals surface area contributed by atoms with Gasteiger partial charge in [-0.2, -0.15) is 0 Å². The highest BCUT2D eigenvalue weighted by molar-refractivity contribution is 9.10. The van der Waals surface area contributed by atoms with Crippen LogP contribution in [0.5, 0.6) is 0 Å². The number of benzene rings is 2. The fourth-order valence-corrected chi connectivity index (χ4v) is 2.21. The van der Waals surface area contributed by atoms with Gasteiger partial charge in [-0.15, -0.1) is 0 Å².